The summed E-state index contributed by atoms with van der Waals surface area (Å²) in [6.07, 6.45) is 6.59. The lowest BCUT2D eigenvalue weighted by molar-refractivity contribution is 0.0929. The van der Waals surface area contributed by atoms with Gasteiger partial charge in [-0.3, -0.25) is 4.79 Å². The maximum Gasteiger partial charge on any atom is 0.251 e. The average molecular weight is 273 g/mol. The van der Waals surface area contributed by atoms with Crippen molar-refractivity contribution in [1.82, 2.24) is 14.9 Å². The number of rotatable bonds is 6. The summed E-state index contributed by atoms with van der Waals surface area (Å²) in [6, 6.07) is 7.37. The molecule has 0 bridgehead atoms. The number of aliphatic hydroxyl groups excluding tert-OH is 1. The summed E-state index contributed by atoms with van der Waals surface area (Å²) in [5, 5.41) is 11.9. The normalized spacial score (nSPS) is 12.1. The summed E-state index contributed by atoms with van der Waals surface area (Å²) in [5.41, 5.74) is 1.50. The molecule has 0 aliphatic heterocycles. The molecule has 0 radical (unpaired) electrons. The average Bonchev–Trinajstić information content (AvgIpc) is 3.01. The van der Waals surface area contributed by atoms with Gasteiger partial charge in [0.1, 0.15) is 0 Å². The van der Waals surface area contributed by atoms with Crippen molar-refractivity contribution in [1.29, 1.82) is 0 Å². The molecule has 106 valence electrons. The summed E-state index contributed by atoms with van der Waals surface area (Å²) < 4.78 is 1.85. The van der Waals surface area contributed by atoms with Gasteiger partial charge in [-0.25, -0.2) is 4.98 Å². The van der Waals surface area contributed by atoms with Crippen LogP contribution in [0.15, 0.2) is 43.0 Å². The summed E-state index contributed by atoms with van der Waals surface area (Å²) in [5.74, 6) is -0.118. The smallest absolute Gasteiger partial charge is 0.251 e. The zero-order valence-corrected chi connectivity index (χ0v) is 11.5. The van der Waals surface area contributed by atoms with E-state index in [9.17, 15) is 4.79 Å². The molecule has 20 heavy (non-hydrogen) atoms. The fourth-order valence-electron chi connectivity index (χ4n) is 2.02. The molecular formula is C15H19N3O2. The minimum absolute atomic E-state index is 0.00408. The Morgan fingerprint density at radius 2 is 2.35 bits per heavy atom. The number of nitrogens with zero attached hydrogens (tertiary/aromatic N) is 2. The lowest BCUT2D eigenvalue weighted by Gasteiger charge is -2.16. The van der Waals surface area contributed by atoms with Gasteiger partial charge in [0.05, 0.1) is 6.33 Å². The van der Waals surface area contributed by atoms with Crippen molar-refractivity contribution in [3.05, 3.63) is 48.5 Å². The molecule has 1 unspecified atom stereocenters. The third-order valence-corrected chi connectivity index (χ3v) is 3.22. The lowest BCUT2D eigenvalue weighted by Crippen LogP contribution is -2.35. The van der Waals surface area contributed by atoms with E-state index in [0.717, 1.165) is 12.1 Å². The van der Waals surface area contributed by atoms with Crippen LogP contribution >= 0.6 is 0 Å². The van der Waals surface area contributed by atoms with Gasteiger partial charge in [0.25, 0.3) is 5.91 Å². The van der Waals surface area contributed by atoms with Gasteiger partial charge in [0.15, 0.2) is 0 Å². The molecule has 1 heterocycles. The molecule has 0 fully saturated rings. The highest BCUT2D eigenvalue weighted by atomic mass is 16.3. The summed E-state index contributed by atoms with van der Waals surface area (Å²) in [7, 11) is 0. The third-order valence-electron chi connectivity index (χ3n) is 3.22. The Kier molecular flexibility index (Phi) is 4.90. The van der Waals surface area contributed by atoms with Gasteiger partial charge in [0.2, 0.25) is 0 Å². The fraction of sp³-hybridized carbons (Fsp3) is 0.333. The maximum atomic E-state index is 12.2. The monoisotopic (exact) mass is 273 g/mol. The second kappa shape index (κ2) is 6.86. The van der Waals surface area contributed by atoms with Crippen LogP contribution < -0.4 is 5.32 Å². The highest BCUT2D eigenvalue weighted by Crippen LogP contribution is 2.11. The number of nitrogens with one attached hydrogen (secondary N) is 1. The van der Waals surface area contributed by atoms with Gasteiger partial charge < -0.3 is 15.0 Å². The van der Waals surface area contributed by atoms with Gasteiger partial charge in [-0.1, -0.05) is 13.0 Å². The minimum Gasteiger partial charge on any atom is -0.396 e. The van der Waals surface area contributed by atoms with Crippen LogP contribution in [0.1, 0.15) is 30.1 Å². The van der Waals surface area contributed by atoms with E-state index < -0.39 is 0 Å². The van der Waals surface area contributed by atoms with Crippen LogP contribution in [-0.4, -0.2) is 33.2 Å². The van der Waals surface area contributed by atoms with Gasteiger partial charge in [0, 0.05) is 36.3 Å². The SMILES string of the molecule is CCC(CCO)NC(=O)c1cccc(-n2ccnc2)c1. The second-order valence-electron chi connectivity index (χ2n) is 4.61. The highest BCUT2D eigenvalue weighted by Gasteiger charge is 2.12. The molecule has 0 saturated carbocycles. The number of carbonyl (C=O) groups is 1. The van der Waals surface area contributed by atoms with E-state index in [2.05, 4.69) is 10.3 Å². The maximum absolute atomic E-state index is 12.2. The van der Waals surface area contributed by atoms with Crippen LogP contribution in [0.2, 0.25) is 0 Å². The molecule has 2 aromatic rings. The third kappa shape index (κ3) is 3.45. The Balaban J connectivity index is 2.12. The Morgan fingerprint density at radius 1 is 1.50 bits per heavy atom. The Labute approximate surface area is 118 Å². The van der Waals surface area contributed by atoms with Crippen LogP contribution in [0.4, 0.5) is 0 Å². The molecule has 1 aromatic carbocycles. The number of imidazole rings is 1. The number of benzene rings is 1. The molecule has 0 spiro atoms. The first kappa shape index (κ1) is 14.3. The number of carbonyl (C=O) groups excluding carboxylic acids is 1. The predicted molar refractivity (Wildman–Crippen MR) is 76.8 cm³/mol. The topological polar surface area (TPSA) is 67.2 Å². The van der Waals surface area contributed by atoms with Gasteiger partial charge >= 0.3 is 0 Å². The number of hydrogen-bond donors (Lipinski definition) is 2. The first-order valence-electron chi connectivity index (χ1n) is 6.74. The van der Waals surface area contributed by atoms with Crippen LogP contribution in [0.3, 0.4) is 0 Å². The van der Waals surface area contributed by atoms with E-state index in [1.54, 1.807) is 18.6 Å². The molecule has 2 N–H and O–H groups in total. The first-order chi connectivity index (χ1) is 9.74. The molecule has 0 aliphatic rings. The van der Waals surface area contributed by atoms with Crippen molar-refractivity contribution in [3.8, 4) is 5.69 Å². The fourth-order valence-corrected chi connectivity index (χ4v) is 2.02. The largest absolute Gasteiger partial charge is 0.396 e. The molecule has 1 atom stereocenters. The van der Waals surface area contributed by atoms with Crippen molar-refractivity contribution >= 4 is 5.91 Å². The van der Waals surface area contributed by atoms with Crippen LogP contribution in [0, 0.1) is 0 Å². The first-order valence-corrected chi connectivity index (χ1v) is 6.74. The Morgan fingerprint density at radius 3 is 3.00 bits per heavy atom. The van der Waals surface area contributed by atoms with Crippen LogP contribution in [0.5, 0.6) is 0 Å². The quantitative estimate of drug-likeness (QED) is 0.842. The molecule has 0 aliphatic carbocycles. The number of aliphatic hydroxyl groups is 1. The van der Waals surface area contributed by atoms with Crippen LogP contribution in [0.25, 0.3) is 5.69 Å². The molecule has 2 rings (SSSR count). The number of amides is 1. The van der Waals surface area contributed by atoms with E-state index in [0.29, 0.717) is 12.0 Å². The van der Waals surface area contributed by atoms with Crippen molar-refractivity contribution in [3.63, 3.8) is 0 Å². The summed E-state index contributed by atoms with van der Waals surface area (Å²) in [6.45, 7) is 2.07. The van der Waals surface area contributed by atoms with Crippen molar-refractivity contribution in [2.45, 2.75) is 25.8 Å². The van der Waals surface area contributed by atoms with E-state index in [1.165, 1.54) is 0 Å². The number of hydrogen-bond acceptors (Lipinski definition) is 3. The molecule has 5 nitrogen and oxygen atoms in total. The predicted octanol–water partition coefficient (Wildman–Crippen LogP) is 1.76. The Hall–Kier alpha value is -2.14. The summed E-state index contributed by atoms with van der Waals surface area (Å²) >= 11 is 0. The van der Waals surface area contributed by atoms with Gasteiger partial charge in [-0.2, -0.15) is 0 Å². The zero-order valence-electron chi connectivity index (χ0n) is 11.5. The molecule has 1 aromatic heterocycles. The van der Waals surface area contributed by atoms with Gasteiger partial charge in [-0.05, 0) is 31.0 Å². The standard InChI is InChI=1S/C15H19N3O2/c1-2-13(6-9-19)17-15(20)12-4-3-5-14(10-12)18-8-7-16-11-18/h3-5,7-8,10-11,13,19H,2,6,9H2,1H3,(H,17,20). The van der Waals surface area contributed by atoms with Crippen LogP contribution in [-0.2, 0) is 0 Å². The van der Waals surface area contributed by atoms with E-state index >= 15 is 0 Å². The second-order valence-corrected chi connectivity index (χ2v) is 4.61. The minimum atomic E-state index is -0.118. The van der Waals surface area contributed by atoms with Crippen molar-refractivity contribution in [2.24, 2.45) is 0 Å². The molecule has 1 amide bonds. The zero-order chi connectivity index (χ0) is 14.4. The lowest BCUT2D eigenvalue weighted by atomic mass is 10.1. The van der Waals surface area contributed by atoms with Crippen molar-refractivity contribution in [2.75, 3.05) is 6.61 Å². The van der Waals surface area contributed by atoms with E-state index in [4.69, 9.17) is 5.11 Å². The Bertz CT molecular complexity index is 552. The highest BCUT2D eigenvalue weighted by molar-refractivity contribution is 5.94. The summed E-state index contributed by atoms with van der Waals surface area (Å²) in [4.78, 5) is 16.2. The molecular weight excluding hydrogens is 254 g/mol. The molecule has 5 heteroatoms. The number of aromatic nitrogens is 2. The van der Waals surface area contributed by atoms with Crippen molar-refractivity contribution < 1.29 is 9.90 Å². The van der Waals surface area contributed by atoms with E-state index in [1.807, 2.05) is 35.9 Å². The van der Waals surface area contributed by atoms with E-state index in [-0.39, 0.29) is 18.6 Å². The molecule has 0 saturated heterocycles. The van der Waals surface area contributed by atoms with Gasteiger partial charge in [-0.15, -0.1) is 0 Å².